The van der Waals surface area contributed by atoms with Crippen LogP contribution in [-0.4, -0.2) is 36.0 Å². The summed E-state index contributed by atoms with van der Waals surface area (Å²) in [6.45, 7) is 1.85. The Morgan fingerprint density at radius 1 is 1.00 bits per heavy atom. The number of aryl methyl sites for hydroxylation is 1. The summed E-state index contributed by atoms with van der Waals surface area (Å²) in [5.74, 6) is -4.04. The van der Waals surface area contributed by atoms with Gasteiger partial charge in [0.15, 0.2) is 16.8 Å². The quantitative estimate of drug-likeness (QED) is 0.211. The third-order valence-electron chi connectivity index (χ3n) is 6.09. The van der Waals surface area contributed by atoms with Gasteiger partial charge < -0.3 is 14.6 Å². The molecule has 3 aromatic carbocycles. The van der Waals surface area contributed by atoms with Crippen LogP contribution in [-0.2, 0) is 9.59 Å². The molecule has 0 saturated carbocycles. The normalized spacial score (nSPS) is 17.0. The van der Waals surface area contributed by atoms with Crippen molar-refractivity contribution in [3.63, 3.8) is 0 Å². The first-order valence-corrected chi connectivity index (χ1v) is 11.9. The molecule has 7 nitrogen and oxygen atoms in total. The second-order valence-electron chi connectivity index (χ2n) is 8.35. The molecular formula is C27H20F2N2O5S. The number of aromatic nitrogens is 1. The lowest BCUT2D eigenvalue weighted by Gasteiger charge is -2.23. The van der Waals surface area contributed by atoms with Gasteiger partial charge in [0.2, 0.25) is 0 Å². The Morgan fingerprint density at radius 2 is 1.65 bits per heavy atom. The summed E-state index contributed by atoms with van der Waals surface area (Å²) in [4.78, 5) is 32.4. The molecule has 1 aromatic heterocycles. The smallest absolute Gasteiger partial charge is 0.301 e. The van der Waals surface area contributed by atoms with Crippen molar-refractivity contribution < 1.29 is 33.0 Å². The zero-order valence-corrected chi connectivity index (χ0v) is 20.7. The van der Waals surface area contributed by atoms with Crippen LogP contribution in [0.5, 0.6) is 11.5 Å². The SMILES string of the molecule is COc1cccc(OC)c1/C(O)=C1\C(=O)C(=O)N(c2nc3cc(F)c(F)cc3s2)C1c1cccc(C)c1. The van der Waals surface area contributed by atoms with Crippen LogP contribution >= 0.6 is 11.3 Å². The van der Waals surface area contributed by atoms with Crippen molar-refractivity contribution >= 4 is 44.1 Å². The second kappa shape index (κ2) is 9.29. The Balaban J connectivity index is 1.79. The molecule has 188 valence electrons. The molecule has 0 aliphatic carbocycles. The van der Waals surface area contributed by atoms with Gasteiger partial charge in [-0.2, -0.15) is 0 Å². The summed E-state index contributed by atoms with van der Waals surface area (Å²) < 4.78 is 38.8. The van der Waals surface area contributed by atoms with Gasteiger partial charge in [-0.05, 0) is 30.7 Å². The minimum atomic E-state index is -1.08. The number of halogens is 2. The summed E-state index contributed by atoms with van der Waals surface area (Å²) in [7, 11) is 2.81. The van der Waals surface area contributed by atoms with Crippen molar-refractivity contribution in [2.45, 2.75) is 13.0 Å². The lowest BCUT2D eigenvalue weighted by Crippen LogP contribution is -2.29. The standard InChI is InChI=1S/C27H20F2N2O5S/c1-13-6-4-7-14(10-13)23-22(24(32)21-18(35-2)8-5-9-19(21)36-3)25(33)26(34)31(23)27-30-17-11-15(28)16(29)12-20(17)37-27/h4-12,23,32H,1-3H3/b24-22+. The summed E-state index contributed by atoms with van der Waals surface area (Å²) in [6.07, 6.45) is 0. The van der Waals surface area contributed by atoms with E-state index >= 15 is 0 Å². The van der Waals surface area contributed by atoms with Gasteiger partial charge in [0.05, 0.1) is 36.1 Å². The van der Waals surface area contributed by atoms with Crippen LogP contribution in [0.4, 0.5) is 13.9 Å². The van der Waals surface area contributed by atoms with Crippen molar-refractivity contribution in [1.82, 2.24) is 4.98 Å². The van der Waals surface area contributed by atoms with E-state index in [0.29, 0.717) is 10.3 Å². The first-order chi connectivity index (χ1) is 17.7. The van der Waals surface area contributed by atoms with Crippen LogP contribution in [0.1, 0.15) is 22.7 Å². The van der Waals surface area contributed by atoms with E-state index in [2.05, 4.69) is 4.98 Å². The molecule has 1 aliphatic rings. The number of carbonyl (C=O) groups excluding carboxylic acids is 2. The number of ether oxygens (including phenoxy) is 2. The summed E-state index contributed by atoms with van der Waals surface area (Å²) in [6, 6.07) is 12.8. The number of ketones is 1. The summed E-state index contributed by atoms with van der Waals surface area (Å²) in [5.41, 5.74) is 1.43. The van der Waals surface area contributed by atoms with E-state index < -0.39 is 35.1 Å². The average Bonchev–Trinajstić information content (AvgIpc) is 3.40. The maximum Gasteiger partial charge on any atom is 0.301 e. The third kappa shape index (κ3) is 3.99. The fourth-order valence-corrected chi connectivity index (χ4v) is 5.42. The van der Waals surface area contributed by atoms with E-state index in [4.69, 9.17) is 9.47 Å². The van der Waals surface area contributed by atoms with Crippen molar-refractivity contribution in [2.75, 3.05) is 19.1 Å². The molecule has 0 spiro atoms. The van der Waals surface area contributed by atoms with E-state index in [1.54, 1.807) is 36.4 Å². The number of fused-ring (bicyclic) bond motifs is 1. The number of methoxy groups -OCH3 is 2. The molecule has 1 atom stereocenters. The van der Waals surface area contributed by atoms with Crippen LogP contribution < -0.4 is 14.4 Å². The van der Waals surface area contributed by atoms with Crippen molar-refractivity contribution in [2.24, 2.45) is 0 Å². The van der Waals surface area contributed by atoms with Gasteiger partial charge in [0, 0.05) is 6.07 Å². The first kappa shape index (κ1) is 24.4. The Labute approximate surface area is 214 Å². The summed E-state index contributed by atoms with van der Waals surface area (Å²) >= 11 is 0.932. The van der Waals surface area contributed by atoms with Gasteiger partial charge in [-0.15, -0.1) is 0 Å². The van der Waals surface area contributed by atoms with Gasteiger partial charge >= 0.3 is 5.91 Å². The molecule has 1 amide bonds. The highest BCUT2D eigenvalue weighted by atomic mass is 32.1. The Hall–Kier alpha value is -4.31. The van der Waals surface area contributed by atoms with Gasteiger partial charge in [-0.1, -0.05) is 47.2 Å². The average molecular weight is 523 g/mol. The minimum absolute atomic E-state index is 0.0552. The van der Waals surface area contributed by atoms with Crippen molar-refractivity contribution in [3.05, 3.63) is 88.5 Å². The van der Waals surface area contributed by atoms with E-state index in [0.717, 1.165) is 33.9 Å². The number of benzene rings is 3. The number of aliphatic hydroxyl groups is 1. The fourth-order valence-electron chi connectivity index (χ4n) is 4.42. The van der Waals surface area contributed by atoms with Gasteiger partial charge in [0.1, 0.15) is 22.8 Å². The molecule has 1 N–H and O–H groups in total. The molecule has 37 heavy (non-hydrogen) atoms. The molecule has 2 heterocycles. The van der Waals surface area contributed by atoms with E-state index in [1.165, 1.54) is 14.2 Å². The van der Waals surface area contributed by atoms with E-state index in [9.17, 15) is 23.5 Å². The van der Waals surface area contributed by atoms with Gasteiger partial charge in [-0.25, -0.2) is 13.8 Å². The molecule has 0 bridgehead atoms. The number of rotatable bonds is 5. The third-order valence-corrected chi connectivity index (χ3v) is 7.11. The minimum Gasteiger partial charge on any atom is -0.506 e. The predicted octanol–water partition coefficient (Wildman–Crippen LogP) is 5.53. The topological polar surface area (TPSA) is 89.0 Å². The second-order valence-corrected chi connectivity index (χ2v) is 9.36. The molecule has 5 rings (SSSR count). The molecule has 4 aromatic rings. The van der Waals surface area contributed by atoms with Crippen LogP contribution in [0, 0.1) is 18.6 Å². The number of anilines is 1. The Kier molecular flexibility index (Phi) is 6.12. The lowest BCUT2D eigenvalue weighted by atomic mass is 9.94. The molecule has 1 unspecified atom stereocenters. The van der Waals surface area contributed by atoms with E-state index in [-0.39, 0.29) is 33.3 Å². The molecule has 1 fully saturated rings. The number of nitrogens with zero attached hydrogens (tertiary/aromatic N) is 2. The number of aliphatic hydroxyl groups excluding tert-OH is 1. The highest BCUT2D eigenvalue weighted by molar-refractivity contribution is 7.22. The number of Topliss-reactive ketones (excluding diaryl/α,β-unsaturated/α-hetero) is 1. The van der Waals surface area contributed by atoms with Crippen molar-refractivity contribution in [3.8, 4) is 11.5 Å². The molecule has 1 saturated heterocycles. The maximum absolute atomic E-state index is 13.9. The lowest BCUT2D eigenvalue weighted by molar-refractivity contribution is -0.132. The summed E-state index contributed by atoms with van der Waals surface area (Å²) in [5, 5.41) is 11.6. The zero-order chi connectivity index (χ0) is 26.4. The van der Waals surface area contributed by atoms with Gasteiger partial charge in [0.25, 0.3) is 5.78 Å². The van der Waals surface area contributed by atoms with Gasteiger partial charge in [-0.3, -0.25) is 14.5 Å². The van der Waals surface area contributed by atoms with Crippen LogP contribution in [0.25, 0.3) is 16.0 Å². The number of carbonyl (C=O) groups is 2. The van der Waals surface area contributed by atoms with Crippen LogP contribution in [0.3, 0.4) is 0 Å². The molecule has 10 heteroatoms. The Morgan fingerprint density at radius 3 is 2.30 bits per heavy atom. The number of thiazole rings is 1. The first-order valence-electron chi connectivity index (χ1n) is 11.1. The highest BCUT2D eigenvalue weighted by Gasteiger charge is 2.48. The molecule has 1 aliphatic heterocycles. The number of hydrogen-bond acceptors (Lipinski definition) is 7. The molecular weight excluding hydrogens is 502 g/mol. The predicted molar refractivity (Wildman–Crippen MR) is 135 cm³/mol. The van der Waals surface area contributed by atoms with E-state index in [1.807, 2.05) is 13.0 Å². The number of hydrogen-bond donors (Lipinski definition) is 1. The maximum atomic E-state index is 13.9. The van der Waals surface area contributed by atoms with Crippen LogP contribution in [0.2, 0.25) is 0 Å². The monoisotopic (exact) mass is 522 g/mol. The van der Waals surface area contributed by atoms with Crippen molar-refractivity contribution in [1.29, 1.82) is 0 Å². The van der Waals surface area contributed by atoms with Crippen LogP contribution in [0.15, 0.2) is 60.2 Å². The highest BCUT2D eigenvalue weighted by Crippen LogP contribution is 2.46. The largest absolute Gasteiger partial charge is 0.506 e. The molecule has 0 radical (unpaired) electrons. The fraction of sp³-hybridized carbons (Fsp3) is 0.148. The Bertz CT molecular complexity index is 1550. The number of amides is 1. The zero-order valence-electron chi connectivity index (χ0n) is 19.9.